The molecule has 2 aliphatic heterocycles. The number of fused-ring (bicyclic) bond motifs is 2. The molecule has 0 radical (unpaired) electrons. The van der Waals surface area contributed by atoms with Gasteiger partial charge in [-0.3, -0.25) is 9.80 Å². The number of hydrogen-bond donors (Lipinski definition) is 0. The van der Waals surface area contributed by atoms with Crippen LogP contribution in [0, 0.1) is 0 Å². The second-order valence-electron chi connectivity index (χ2n) is 7.26. The fraction of sp³-hybridized carbons (Fsp3) is 0.381. The van der Waals surface area contributed by atoms with Crippen molar-refractivity contribution in [2.75, 3.05) is 26.7 Å². The Bertz CT molecular complexity index is 864. The molecular formula is C21H23N3O. The molecule has 0 saturated carbocycles. The lowest BCUT2D eigenvalue weighted by molar-refractivity contribution is 0.0645. The predicted octanol–water partition coefficient (Wildman–Crippen LogP) is 4.00. The number of para-hydroxylation sites is 2. The van der Waals surface area contributed by atoms with Crippen LogP contribution >= 0.6 is 0 Å². The van der Waals surface area contributed by atoms with Crippen LogP contribution in [-0.2, 0) is 0 Å². The molecule has 0 bridgehead atoms. The Labute approximate surface area is 148 Å². The van der Waals surface area contributed by atoms with E-state index in [4.69, 9.17) is 9.40 Å². The molecule has 25 heavy (non-hydrogen) atoms. The van der Waals surface area contributed by atoms with Crippen molar-refractivity contribution in [1.29, 1.82) is 0 Å². The van der Waals surface area contributed by atoms with Gasteiger partial charge >= 0.3 is 0 Å². The SMILES string of the molecule is CN1CC(c2nc3ccccc3o2)c2ccccc2C1N1CCCC1. The Morgan fingerprint density at radius 3 is 2.48 bits per heavy atom. The zero-order valence-corrected chi connectivity index (χ0v) is 14.6. The molecule has 1 aromatic heterocycles. The quantitative estimate of drug-likeness (QED) is 0.709. The molecule has 128 valence electrons. The van der Waals surface area contributed by atoms with Crippen LogP contribution in [0.5, 0.6) is 0 Å². The molecule has 2 aromatic carbocycles. The highest BCUT2D eigenvalue weighted by Crippen LogP contribution is 2.41. The molecule has 3 heterocycles. The Kier molecular flexibility index (Phi) is 3.61. The molecule has 1 fully saturated rings. The van der Waals surface area contributed by atoms with E-state index in [1.165, 1.54) is 37.1 Å². The first-order valence-electron chi connectivity index (χ1n) is 9.20. The Balaban J connectivity index is 1.59. The molecule has 5 rings (SSSR count). The van der Waals surface area contributed by atoms with E-state index in [1.54, 1.807) is 0 Å². The highest BCUT2D eigenvalue weighted by atomic mass is 16.3. The number of hydrogen-bond acceptors (Lipinski definition) is 4. The lowest BCUT2D eigenvalue weighted by atomic mass is 9.87. The Morgan fingerprint density at radius 1 is 0.960 bits per heavy atom. The second-order valence-corrected chi connectivity index (χ2v) is 7.26. The first-order chi connectivity index (χ1) is 12.3. The summed E-state index contributed by atoms with van der Waals surface area (Å²) in [5, 5.41) is 0. The average molecular weight is 333 g/mol. The van der Waals surface area contributed by atoms with Gasteiger partial charge in [-0.05, 0) is 56.2 Å². The minimum atomic E-state index is 0.187. The number of rotatable bonds is 2. The third-order valence-corrected chi connectivity index (χ3v) is 5.63. The summed E-state index contributed by atoms with van der Waals surface area (Å²) in [5.41, 5.74) is 4.59. The summed E-state index contributed by atoms with van der Waals surface area (Å²) in [6, 6.07) is 16.9. The maximum absolute atomic E-state index is 6.12. The van der Waals surface area contributed by atoms with E-state index in [-0.39, 0.29) is 5.92 Å². The summed E-state index contributed by atoms with van der Waals surface area (Å²) in [4.78, 5) is 9.86. The van der Waals surface area contributed by atoms with Gasteiger partial charge in [0.25, 0.3) is 0 Å². The molecule has 0 spiro atoms. The third-order valence-electron chi connectivity index (χ3n) is 5.63. The van der Waals surface area contributed by atoms with E-state index in [2.05, 4.69) is 41.1 Å². The Hall–Kier alpha value is -2.17. The van der Waals surface area contributed by atoms with Crippen LogP contribution in [0.15, 0.2) is 52.9 Å². The van der Waals surface area contributed by atoms with Crippen molar-refractivity contribution in [1.82, 2.24) is 14.8 Å². The van der Waals surface area contributed by atoms with Crippen molar-refractivity contribution in [2.45, 2.75) is 24.9 Å². The summed E-state index contributed by atoms with van der Waals surface area (Å²) in [6.07, 6.45) is 2.99. The van der Waals surface area contributed by atoms with Crippen LogP contribution in [0.25, 0.3) is 11.1 Å². The summed E-state index contributed by atoms with van der Waals surface area (Å²) in [6.45, 7) is 3.32. The highest BCUT2D eigenvalue weighted by Gasteiger charge is 2.37. The molecule has 4 nitrogen and oxygen atoms in total. The smallest absolute Gasteiger partial charge is 0.204 e. The minimum Gasteiger partial charge on any atom is -0.440 e. The van der Waals surface area contributed by atoms with E-state index in [1.807, 2.05) is 24.3 Å². The van der Waals surface area contributed by atoms with Crippen molar-refractivity contribution in [3.05, 3.63) is 65.5 Å². The monoisotopic (exact) mass is 333 g/mol. The number of benzene rings is 2. The number of nitrogens with zero attached hydrogens (tertiary/aromatic N) is 3. The largest absolute Gasteiger partial charge is 0.440 e. The molecule has 3 aromatic rings. The van der Waals surface area contributed by atoms with E-state index < -0.39 is 0 Å². The summed E-state index contributed by atoms with van der Waals surface area (Å²) in [7, 11) is 2.23. The number of likely N-dealkylation sites (N-methyl/N-ethyl adjacent to an activating group) is 1. The lowest BCUT2D eigenvalue weighted by Gasteiger charge is -2.42. The summed E-state index contributed by atoms with van der Waals surface area (Å²) < 4.78 is 6.12. The van der Waals surface area contributed by atoms with Gasteiger partial charge in [-0.15, -0.1) is 0 Å². The molecule has 4 heteroatoms. The van der Waals surface area contributed by atoms with Gasteiger partial charge in [0.15, 0.2) is 5.58 Å². The summed E-state index contributed by atoms with van der Waals surface area (Å²) >= 11 is 0. The molecule has 2 unspecified atom stereocenters. The van der Waals surface area contributed by atoms with Crippen molar-refractivity contribution in [3.8, 4) is 0 Å². The molecule has 1 saturated heterocycles. The molecule has 2 atom stereocenters. The van der Waals surface area contributed by atoms with E-state index in [0.717, 1.165) is 23.5 Å². The highest BCUT2D eigenvalue weighted by molar-refractivity contribution is 5.72. The predicted molar refractivity (Wildman–Crippen MR) is 98.5 cm³/mol. The fourth-order valence-corrected chi connectivity index (χ4v) is 4.50. The first-order valence-corrected chi connectivity index (χ1v) is 9.20. The topological polar surface area (TPSA) is 32.5 Å². The van der Waals surface area contributed by atoms with E-state index >= 15 is 0 Å². The van der Waals surface area contributed by atoms with Gasteiger partial charge in [-0.25, -0.2) is 4.98 Å². The number of oxazole rings is 1. The van der Waals surface area contributed by atoms with Crippen molar-refractivity contribution >= 4 is 11.1 Å². The van der Waals surface area contributed by atoms with E-state index in [9.17, 15) is 0 Å². The zero-order chi connectivity index (χ0) is 16.8. The van der Waals surface area contributed by atoms with Crippen molar-refractivity contribution in [2.24, 2.45) is 0 Å². The molecule has 0 aliphatic carbocycles. The fourth-order valence-electron chi connectivity index (χ4n) is 4.50. The number of aromatic nitrogens is 1. The zero-order valence-electron chi connectivity index (χ0n) is 14.6. The van der Waals surface area contributed by atoms with Gasteiger partial charge < -0.3 is 4.42 Å². The van der Waals surface area contributed by atoms with Gasteiger partial charge in [0.2, 0.25) is 5.89 Å². The molecule has 2 aliphatic rings. The molecule has 0 N–H and O–H groups in total. The van der Waals surface area contributed by atoms with Crippen molar-refractivity contribution in [3.63, 3.8) is 0 Å². The van der Waals surface area contributed by atoms with Crippen LogP contribution in [0.2, 0.25) is 0 Å². The second kappa shape index (κ2) is 5.97. The first kappa shape index (κ1) is 15.1. The van der Waals surface area contributed by atoms with Crippen LogP contribution in [0.4, 0.5) is 0 Å². The maximum Gasteiger partial charge on any atom is 0.204 e. The van der Waals surface area contributed by atoms with Gasteiger partial charge in [0.05, 0.1) is 12.1 Å². The van der Waals surface area contributed by atoms with Gasteiger partial charge in [-0.1, -0.05) is 36.4 Å². The summed E-state index contributed by atoms with van der Waals surface area (Å²) in [5.74, 6) is 1.02. The van der Waals surface area contributed by atoms with Crippen LogP contribution in [-0.4, -0.2) is 41.5 Å². The maximum atomic E-state index is 6.12. The van der Waals surface area contributed by atoms with Crippen LogP contribution < -0.4 is 0 Å². The minimum absolute atomic E-state index is 0.187. The Morgan fingerprint density at radius 2 is 1.68 bits per heavy atom. The van der Waals surface area contributed by atoms with Crippen LogP contribution in [0.3, 0.4) is 0 Å². The van der Waals surface area contributed by atoms with Gasteiger partial charge in [0.1, 0.15) is 5.52 Å². The third kappa shape index (κ3) is 2.48. The van der Waals surface area contributed by atoms with Gasteiger partial charge in [-0.2, -0.15) is 0 Å². The molecular weight excluding hydrogens is 310 g/mol. The van der Waals surface area contributed by atoms with Crippen molar-refractivity contribution < 1.29 is 4.42 Å². The van der Waals surface area contributed by atoms with Crippen LogP contribution in [0.1, 0.15) is 41.9 Å². The normalized spacial score (nSPS) is 24.7. The standard InChI is InChI=1S/C21H23N3O/c1-23-14-17(20-22-18-10-4-5-11-19(18)25-20)15-8-2-3-9-16(15)21(23)24-12-6-7-13-24/h2-5,8-11,17,21H,6-7,12-14H2,1H3. The average Bonchev–Trinajstić information content (AvgIpc) is 3.30. The van der Waals surface area contributed by atoms with Gasteiger partial charge in [0, 0.05) is 6.54 Å². The van der Waals surface area contributed by atoms with E-state index in [0.29, 0.717) is 6.17 Å². The molecule has 0 amide bonds. The lowest BCUT2D eigenvalue weighted by Crippen LogP contribution is -2.44. The number of likely N-dealkylation sites (tertiary alicyclic amines) is 1.